The number of piperazine rings is 1. The number of carbonyl (C=O) groups excluding carboxylic acids is 2. The van der Waals surface area contributed by atoms with Gasteiger partial charge in [-0.15, -0.1) is 0 Å². The minimum absolute atomic E-state index is 0.0760. The van der Waals surface area contributed by atoms with Crippen LogP contribution in [0.4, 0.5) is 24.5 Å². The zero-order valence-corrected chi connectivity index (χ0v) is 19.3. The van der Waals surface area contributed by atoms with E-state index in [-0.39, 0.29) is 17.2 Å². The van der Waals surface area contributed by atoms with Crippen LogP contribution in [-0.4, -0.2) is 66.4 Å². The Kier molecular flexibility index (Phi) is 6.44. The first kappa shape index (κ1) is 23.9. The van der Waals surface area contributed by atoms with Crippen LogP contribution in [0, 0.1) is 12.7 Å². The number of amides is 1. The van der Waals surface area contributed by atoms with Gasteiger partial charge < -0.3 is 10.2 Å². The predicted octanol–water partition coefficient (Wildman–Crippen LogP) is 3.06. The summed E-state index contributed by atoms with van der Waals surface area (Å²) in [5, 5.41) is 2.56. The van der Waals surface area contributed by atoms with Crippen LogP contribution in [0.5, 0.6) is 0 Å². The number of aliphatic imine (C=N–C) groups is 1. The minimum Gasteiger partial charge on any atom is -0.368 e. The highest BCUT2D eigenvalue weighted by Crippen LogP contribution is 2.33. The van der Waals surface area contributed by atoms with E-state index in [0.29, 0.717) is 50.9 Å². The van der Waals surface area contributed by atoms with Gasteiger partial charge in [-0.3, -0.25) is 14.5 Å². The third-order valence-electron chi connectivity index (χ3n) is 6.17. The van der Waals surface area contributed by atoms with Crippen LogP contribution >= 0.6 is 0 Å². The first-order chi connectivity index (χ1) is 16.1. The van der Waals surface area contributed by atoms with Crippen molar-refractivity contribution in [3.8, 4) is 0 Å². The van der Waals surface area contributed by atoms with Gasteiger partial charge in [-0.05, 0) is 25.1 Å². The Bertz CT molecular complexity index is 1170. The smallest absolute Gasteiger partial charge is 0.290 e. The van der Waals surface area contributed by atoms with E-state index in [1.807, 2.05) is 13.0 Å². The van der Waals surface area contributed by atoms with E-state index in [1.165, 1.54) is 6.07 Å². The van der Waals surface area contributed by atoms with Crippen molar-refractivity contribution in [3.05, 3.63) is 52.6 Å². The van der Waals surface area contributed by atoms with Crippen molar-refractivity contribution in [1.82, 2.24) is 15.2 Å². The summed E-state index contributed by atoms with van der Waals surface area (Å²) in [6.07, 6.45) is -0.413. The quantitative estimate of drug-likeness (QED) is 0.722. The second-order valence-corrected chi connectivity index (χ2v) is 8.63. The van der Waals surface area contributed by atoms with Crippen molar-refractivity contribution in [2.75, 3.05) is 38.1 Å². The van der Waals surface area contributed by atoms with Gasteiger partial charge in [0.25, 0.3) is 11.8 Å². The van der Waals surface area contributed by atoms with Crippen LogP contribution in [0.25, 0.3) is 0 Å². The van der Waals surface area contributed by atoms with Crippen molar-refractivity contribution in [1.29, 1.82) is 0 Å². The number of halogens is 3. The number of aromatic nitrogens is 1. The van der Waals surface area contributed by atoms with E-state index in [4.69, 9.17) is 0 Å². The summed E-state index contributed by atoms with van der Waals surface area (Å²) in [6.45, 7) is 5.58. The maximum absolute atomic E-state index is 15.1. The van der Waals surface area contributed by atoms with Gasteiger partial charge in [0.2, 0.25) is 0 Å². The van der Waals surface area contributed by atoms with Crippen LogP contribution < -0.4 is 10.2 Å². The zero-order chi connectivity index (χ0) is 24.6. The fourth-order valence-electron chi connectivity index (χ4n) is 4.35. The maximum Gasteiger partial charge on any atom is 0.290 e. The highest BCUT2D eigenvalue weighted by molar-refractivity contribution is 6.44. The SMILES string of the molecule is CNC(=O)c1ccc(N2CCN(Cc3ccc4c(c3F)CC(=O)C(C(C)(F)F)=N4)CC2)c(C)n1. The Morgan fingerprint density at radius 2 is 1.85 bits per heavy atom. The Hall–Kier alpha value is -3.27. The molecule has 2 aromatic rings. The standard InChI is InChI=1S/C24H26F3N5O2/c1-14-19(7-6-18(29-14)23(34)28-3)32-10-8-31(9-11-32)13-15-4-5-17-16(21(15)25)12-20(33)22(30-17)24(2,26)27/h4-7H,8-13H2,1-3H3,(H,28,34). The lowest BCUT2D eigenvalue weighted by molar-refractivity contribution is -0.113. The number of benzene rings is 1. The molecule has 0 spiro atoms. The molecule has 7 nitrogen and oxygen atoms in total. The predicted molar refractivity (Wildman–Crippen MR) is 123 cm³/mol. The molecule has 0 aliphatic carbocycles. The van der Waals surface area contributed by atoms with Gasteiger partial charge in [0.1, 0.15) is 11.5 Å². The Morgan fingerprint density at radius 1 is 1.15 bits per heavy atom. The lowest BCUT2D eigenvalue weighted by Crippen LogP contribution is -2.46. The summed E-state index contributed by atoms with van der Waals surface area (Å²) in [5.74, 6) is -5.00. The van der Waals surface area contributed by atoms with E-state index in [0.717, 1.165) is 11.4 Å². The van der Waals surface area contributed by atoms with Gasteiger partial charge in [-0.25, -0.2) is 14.4 Å². The molecular weight excluding hydrogens is 447 g/mol. The molecule has 1 saturated heterocycles. The number of fused-ring (bicyclic) bond motifs is 1. The van der Waals surface area contributed by atoms with E-state index >= 15 is 4.39 Å². The van der Waals surface area contributed by atoms with Gasteiger partial charge in [-0.1, -0.05) is 6.07 Å². The topological polar surface area (TPSA) is 77.9 Å². The number of rotatable bonds is 5. The normalized spacial score (nSPS) is 16.8. The van der Waals surface area contributed by atoms with Crippen molar-refractivity contribution < 1.29 is 22.8 Å². The van der Waals surface area contributed by atoms with E-state index in [9.17, 15) is 18.4 Å². The number of hydrogen-bond acceptors (Lipinski definition) is 6. The molecule has 0 unspecified atom stereocenters. The third kappa shape index (κ3) is 4.68. The summed E-state index contributed by atoms with van der Waals surface area (Å²) in [4.78, 5) is 36.3. The molecule has 4 rings (SSSR count). The average Bonchev–Trinajstić information content (AvgIpc) is 2.80. The van der Waals surface area contributed by atoms with Crippen LogP contribution in [0.3, 0.4) is 0 Å². The van der Waals surface area contributed by atoms with Crippen LogP contribution in [-0.2, 0) is 17.8 Å². The number of pyridine rings is 1. The number of aryl methyl sites for hydroxylation is 1. The molecule has 10 heteroatoms. The van der Waals surface area contributed by atoms with Crippen LogP contribution in [0.2, 0.25) is 0 Å². The third-order valence-corrected chi connectivity index (χ3v) is 6.17. The largest absolute Gasteiger partial charge is 0.368 e. The van der Waals surface area contributed by atoms with Gasteiger partial charge in [0, 0.05) is 64.2 Å². The minimum atomic E-state index is -3.36. The van der Waals surface area contributed by atoms with E-state index < -0.39 is 29.7 Å². The molecule has 3 heterocycles. The maximum atomic E-state index is 15.1. The molecule has 1 aromatic heterocycles. The van der Waals surface area contributed by atoms with Crippen molar-refractivity contribution >= 4 is 28.8 Å². The molecule has 1 aromatic carbocycles. The number of carbonyl (C=O) groups is 2. The second kappa shape index (κ2) is 9.17. The van der Waals surface area contributed by atoms with Crippen molar-refractivity contribution in [2.45, 2.75) is 32.7 Å². The van der Waals surface area contributed by atoms with Crippen molar-refractivity contribution in [3.63, 3.8) is 0 Å². The molecule has 1 fully saturated rings. The number of hydrogen-bond donors (Lipinski definition) is 1. The highest BCUT2D eigenvalue weighted by Gasteiger charge is 2.38. The van der Waals surface area contributed by atoms with Gasteiger partial charge in [-0.2, -0.15) is 8.78 Å². The number of anilines is 1. The molecule has 0 saturated carbocycles. The molecule has 2 aliphatic heterocycles. The molecule has 0 radical (unpaired) electrons. The molecule has 2 aliphatic rings. The second-order valence-electron chi connectivity index (χ2n) is 8.63. The van der Waals surface area contributed by atoms with Crippen molar-refractivity contribution in [2.24, 2.45) is 4.99 Å². The summed E-state index contributed by atoms with van der Waals surface area (Å²) in [6, 6.07) is 6.64. The molecule has 180 valence electrons. The average molecular weight is 473 g/mol. The summed E-state index contributed by atoms with van der Waals surface area (Å²) < 4.78 is 42.4. The highest BCUT2D eigenvalue weighted by atomic mass is 19.3. The Morgan fingerprint density at radius 3 is 2.47 bits per heavy atom. The van der Waals surface area contributed by atoms with Crippen LogP contribution in [0.1, 0.15) is 34.2 Å². The lowest BCUT2D eigenvalue weighted by atomic mass is 9.95. The molecule has 1 N–H and O–H groups in total. The first-order valence-electron chi connectivity index (χ1n) is 11.1. The van der Waals surface area contributed by atoms with E-state index in [1.54, 1.807) is 19.2 Å². The monoisotopic (exact) mass is 473 g/mol. The first-order valence-corrected chi connectivity index (χ1v) is 11.1. The van der Waals surface area contributed by atoms with Gasteiger partial charge >= 0.3 is 0 Å². The number of Topliss-reactive ketones (excluding diaryl/α,β-unsaturated/α-hetero) is 1. The molecule has 0 bridgehead atoms. The van der Waals surface area contributed by atoms with Gasteiger partial charge in [0.05, 0.1) is 17.1 Å². The van der Waals surface area contributed by atoms with Gasteiger partial charge in [0.15, 0.2) is 11.5 Å². The van der Waals surface area contributed by atoms with Crippen LogP contribution in [0.15, 0.2) is 29.3 Å². The fourth-order valence-corrected chi connectivity index (χ4v) is 4.35. The summed E-state index contributed by atoms with van der Waals surface area (Å²) in [7, 11) is 1.56. The number of nitrogens with zero attached hydrogens (tertiary/aromatic N) is 4. The number of nitrogens with one attached hydrogen (secondary N) is 1. The zero-order valence-electron chi connectivity index (χ0n) is 19.3. The molecule has 0 atom stereocenters. The summed E-state index contributed by atoms with van der Waals surface area (Å²) >= 11 is 0. The summed E-state index contributed by atoms with van der Waals surface area (Å²) in [5.41, 5.74) is 1.83. The van der Waals surface area contributed by atoms with E-state index in [2.05, 4.69) is 25.1 Å². The Balaban J connectivity index is 1.44. The number of alkyl halides is 2. The lowest BCUT2D eigenvalue weighted by Gasteiger charge is -2.36. The Labute approximate surface area is 195 Å². The molecule has 34 heavy (non-hydrogen) atoms. The molecule has 1 amide bonds. The number of ketones is 1. The molecular formula is C24H26F3N5O2. The fraction of sp³-hybridized carbons (Fsp3) is 0.417.